The normalized spacial score (nSPS) is 17.4. The first kappa shape index (κ1) is 22.4. The highest BCUT2D eigenvalue weighted by atomic mass is 16.5. The van der Waals surface area contributed by atoms with Gasteiger partial charge in [-0.15, -0.1) is 0 Å². The van der Waals surface area contributed by atoms with Crippen molar-refractivity contribution in [2.24, 2.45) is 0 Å². The van der Waals surface area contributed by atoms with Gasteiger partial charge in [-0.25, -0.2) is 4.98 Å². The molecule has 7 nitrogen and oxygen atoms in total. The largest absolute Gasteiger partial charge is 0.507 e. The number of rotatable bonds is 4. The number of nitrogens with zero attached hydrogens (tertiary/aromatic N) is 2. The number of ether oxygens (including phenoxy) is 1. The number of aryl methyl sites for hydroxylation is 3. The zero-order valence-corrected chi connectivity index (χ0v) is 19.9. The Hall–Kier alpha value is -4.39. The maximum absolute atomic E-state index is 13.4. The number of hydrogen-bond donors (Lipinski definition) is 2. The number of nitrogens with one attached hydrogen (secondary N) is 1. The highest BCUT2D eigenvalue weighted by Crippen LogP contribution is 2.42. The molecule has 1 aliphatic heterocycles. The fourth-order valence-corrected chi connectivity index (χ4v) is 4.39. The predicted octanol–water partition coefficient (Wildman–Crippen LogP) is 5.12. The SMILES string of the molecule is COc1ccc(C2/C(=C(\O)c3ccc(C)cc3)C(=O)C(=O)N2c2nc3cc(C)c(C)cc3[nH]2)cc1. The summed E-state index contributed by atoms with van der Waals surface area (Å²) in [6, 6.07) is 17.3. The van der Waals surface area contributed by atoms with Crippen molar-refractivity contribution in [1.29, 1.82) is 0 Å². The number of aliphatic hydroxyl groups excluding tert-OH is 1. The number of carbonyl (C=O) groups excluding carboxylic acids is 2. The Morgan fingerprint density at radius 3 is 2.29 bits per heavy atom. The molecule has 2 heterocycles. The standard InChI is InChI=1S/C28H25N3O4/c1-15-5-7-19(8-6-15)25(32)23-24(18-9-11-20(35-4)12-10-18)31(27(34)26(23)33)28-29-21-13-16(2)17(3)14-22(21)30-28/h5-14,24,32H,1-4H3,(H,29,30)/b25-23+. The number of H-pyrrole nitrogens is 1. The summed E-state index contributed by atoms with van der Waals surface area (Å²) in [6.45, 7) is 5.93. The molecule has 1 aliphatic rings. The summed E-state index contributed by atoms with van der Waals surface area (Å²) in [5.74, 6) is -0.868. The molecular formula is C28H25N3O4. The Morgan fingerprint density at radius 2 is 1.63 bits per heavy atom. The third kappa shape index (κ3) is 3.75. The lowest BCUT2D eigenvalue weighted by Crippen LogP contribution is -2.30. The molecule has 4 aromatic rings. The minimum Gasteiger partial charge on any atom is -0.507 e. The van der Waals surface area contributed by atoms with Crippen LogP contribution >= 0.6 is 0 Å². The van der Waals surface area contributed by atoms with Gasteiger partial charge >= 0.3 is 5.91 Å². The lowest BCUT2D eigenvalue weighted by molar-refractivity contribution is -0.132. The molecule has 1 aromatic heterocycles. The lowest BCUT2D eigenvalue weighted by atomic mass is 9.95. The van der Waals surface area contributed by atoms with Gasteiger partial charge in [-0.1, -0.05) is 42.0 Å². The van der Waals surface area contributed by atoms with Gasteiger partial charge in [-0.3, -0.25) is 14.5 Å². The fraction of sp³-hybridized carbons (Fsp3) is 0.179. The number of fused-ring (bicyclic) bond motifs is 1. The van der Waals surface area contributed by atoms with Crippen molar-refractivity contribution in [2.75, 3.05) is 12.0 Å². The summed E-state index contributed by atoms with van der Waals surface area (Å²) in [4.78, 5) is 35.9. The Morgan fingerprint density at radius 1 is 0.971 bits per heavy atom. The Balaban J connectivity index is 1.72. The predicted molar refractivity (Wildman–Crippen MR) is 135 cm³/mol. The Bertz CT molecular complexity index is 1460. The quantitative estimate of drug-likeness (QED) is 0.247. The number of aromatic nitrogens is 2. The number of anilines is 1. The second-order valence-corrected chi connectivity index (χ2v) is 8.82. The van der Waals surface area contributed by atoms with Gasteiger partial charge in [0, 0.05) is 5.56 Å². The number of aromatic amines is 1. The van der Waals surface area contributed by atoms with E-state index in [1.807, 2.05) is 45.0 Å². The number of carbonyl (C=O) groups is 2. The van der Waals surface area contributed by atoms with Gasteiger partial charge < -0.3 is 14.8 Å². The molecule has 1 fully saturated rings. The van der Waals surface area contributed by atoms with Crippen molar-refractivity contribution in [1.82, 2.24) is 9.97 Å². The van der Waals surface area contributed by atoms with Gasteiger partial charge in [0.15, 0.2) is 0 Å². The van der Waals surface area contributed by atoms with E-state index in [4.69, 9.17) is 4.74 Å². The van der Waals surface area contributed by atoms with E-state index in [9.17, 15) is 14.7 Å². The number of hydrogen-bond acceptors (Lipinski definition) is 5. The number of benzene rings is 3. The van der Waals surface area contributed by atoms with Gasteiger partial charge in [0.05, 0.1) is 29.8 Å². The third-order valence-electron chi connectivity index (χ3n) is 6.51. The van der Waals surface area contributed by atoms with Crippen molar-refractivity contribution >= 4 is 34.4 Å². The molecule has 3 aromatic carbocycles. The number of methoxy groups -OCH3 is 1. The number of Topliss-reactive ketones (excluding diaryl/α,β-unsaturated/α-hetero) is 1. The Labute approximate surface area is 202 Å². The van der Waals surface area contributed by atoms with Crippen LogP contribution in [0.15, 0.2) is 66.2 Å². The Kier molecular flexibility index (Phi) is 5.40. The van der Waals surface area contributed by atoms with E-state index in [-0.39, 0.29) is 17.3 Å². The van der Waals surface area contributed by atoms with E-state index in [2.05, 4.69) is 9.97 Å². The zero-order valence-electron chi connectivity index (χ0n) is 19.9. The molecule has 0 saturated carbocycles. The monoisotopic (exact) mass is 467 g/mol. The van der Waals surface area contributed by atoms with Crippen molar-refractivity contribution < 1.29 is 19.4 Å². The second-order valence-electron chi connectivity index (χ2n) is 8.82. The summed E-state index contributed by atoms with van der Waals surface area (Å²) in [6.07, 6.45) is 0. The molecule has 1 atom stereocenters. The first-order chi connectivity index (χ1) is 16.8. The van der Waals surface area contributed by atoms with Gasteiger partial charge in [0.1, 0.15) is 11.5 Å². The van der Waals surface area contributed by atoms with Crippen LogP contribution in [-0.4, -0.2) is 33.9 Å². The summed E-state index contributed by atoms with van der Waals surface area (Å²) < 4.78 is 5.28. The van der Waals surface area contributed by atoms with E-state index in [1.54, 1.807) is 43.5 Å². The molecular weight excluding hydrogens is 442 g/mol. The van der Waals surface area contributed by atoms with E-state index in [1.165, 1.54) is 4.90 Å². The minimum atomic E-state index is -0.870. The van der Waals surface area contributed by atoms with Crippen LogP contribution < -0.4 is 9.64 Å². The highest BCUT2D eigenvalue weighted by molar-refractivity contribution is 6.51. The topological polar surface area (TPSA) is 95.5 Å². The van der Waals surface area contributed by atoms with Crippen LogP contribution in [-0.2, 0) is 9.59 Å². The summed E-state index contributed by atoms with van der Waals surface area (Å²) >= 11 is 0. The van der Waals surface area contributed by atoms with Crippen LogP contribution in [0, 0.1) is 20.8 Å². The van der Waals surface area contributed by atoms with Crippen molar-refractivity contribution in [3.63, 3.8) is 0 Å². The summed E-state index contributed by atoms with van der Waals surface area (Å²) in [5, 5.41) is 11.2. The maximum atomic E-state index is 13.4. The molecule has 0 radical (unpaired) electrons. The van der Waals surface area contributed by atoms with E-state index >= 15 is 0 Å². The number of imidazole rings is 1. The van der Waals surface area contributed by atoms with Gasteiger partial charge in [-0.2, -0.15) is 0 Å². The van der Waals surface area contributed by atoms with E-state index in [0.29, 0.717) is 22.4 Å². The number of aliphatic hydroxyl groups is 1. The average Bonchev–Trinajstić information content (AvgIpc) is 3.37. The van der Waals surface area contributed by atoms with Crippen molar-refractivity contribution in [2.45, 2.75) is 26.8 Å². The molecule has 35 heavy (non-hydrogen) atoms. The van der Waals surface area contributed by atoms with Crippen LogP contribution in [0.5, 0.6) is 5.75 Å². The molecule has 1 amide bonds. The maximum Gasteiger partial charge on any atom is 0.302 e. The first-order valence-corrected chi connectivity index (χ1v) is 11.3. The molecule has 176 valence electrons. The summed E-state index contributed by atoms with van der Waals surface area (Å²) in [7, 11) is 1.57. The number of ketones is 1. The van der Waals surface area contributed by atoms with Gasteiger partial charge in [0.25, 0.3) is 5.78 Å². The first-order valence-electron chi connectivity index (χ1n) is 11.3. The van der Waals surface area contributed by atoms with Gasteiger partial charge in [0.2, 0.25) is 5.95 Å². The van der Waals surface area contributed by atoms with Crippen LogP contribution in [0.4, 0.5) is 5.95 Å². The second kappa shape index (κ2) is 8.43. The molecule has 1 saturated heterocycles. The molecule has 0 spiro atoms. The summed E-state index contributed by atoms with van der Waals surface area (Å²) in [5.41, 5.74) is 5.74. The fourth-order valence-electron chi connectivity index (χ4n) is 4.39. The number of amides is 1. The molecule has 7 heteroatoms. The minimum absolute atomic E-state index is 0.0110. The molecule has 0 bridgehead atoms. The zero-order chi connectivity index (χ0) is 24.9. The molecule has 0 aliphatic carbocycles. The van der Waals surface area contributed by atoms with E-state index < -0.39 is 17.7 Å². The van der Waals surface area contributed by atoms with E-state index in [0.717, 1.165) is 22.2 Å². The van der Waals surface area contributed by atoms with Crippen LogP contribution in [0.1, 0.15) is 33.9 Å². The van der Waals surface area contributed by atoms with Crippen molar-refractivity contribution in [3.8, 4) is 5.75 Å². The smallest absolute Gasteiger partial charge is 0.302 e. The molecule has 2 N–H and O–H groups in total. The van der Waals surface area contributed by atoms with Crippen molar-refractivity contribution in [3.05, 3.63) is 94.1 Å². The highest BCUT2D eigenvalue weighted by Gasteiger charge is 2.48. The van der Waals surface area contributed by atoms with Crippen LogP contribution in [0.25, 0.3) is 16.8 Å². The lowest BCUT2D eigenvalue weighted by Gasteiger charge is -2.23. The molecule has 1 unspecified atom stereocenters. The van der Waals surface area contributed by atoms with Gasteiger partial charge in [-0.05, 0) is 61.7 Å². The average molecular weight is 468 g/mol. The van der Waals surface area contributed by atoms with Crippen LogP contribution in [0.3, 0.4) is 0 Å². The third-order valence-corrected chi connectivity index (χ3v) is 6.51. The van der Waals surface area contributed by atoms with Crippen LogP contribution in [0.2, 0.25) is 0 Å². The molecule has 5 rings (SSSR count).